The van der Waals surface area contributed by atoms with Crippen LogP contribution in [0.25, 0.3) is 0 Å². The van der Waals surface area contributed by atoms with Crippen molar-refractivity contribution in [3.63, 3.8) is 0 Å². The summed E-state index contributed by atoms with van der Waals surface area (Å²) in [6.45, 7) is 2.77. The molecule has 0 radical (unpaired) electrons. The SMILES string of the molecule is NC(=NO)C1CCCN(Cc2ccn(C3CCCC3)n2)C1. The number of amidine groups is 1. The maximum Gasteiger partial charge on any atom is 0.143 e. The maximum atomic E-state index is 8.82. The molecule has 2 heterocycles. The van der Waals surface area contributed by atoms with E-state index in [4.69, 9.17) is 16.0 Å². The van der Waals surface area contributed by atoms with Gasteiger partial charge in [-0.2, -0.15) is 5.10 Å². The number of hydrogen-bond donors (Lipinski definition) is 2. The Labute approximate surface area is 125 Å². The fourth-order valence-corrected chi connectivity index (χ4v) is 3.59. The van der Waals surface area contributed by atoms with Gasteiger partial charge in [0.15, 0.2) is 0 Å². The van der Waals surface area contributed by atoms with E-state index in [2.05, 4.69) is 27.0 Å². The van der Waals surface area contributed by atoms with Crippen molar-refractivity contribution < 1.29 is 5.21 Å². The first-order chi connectivity index (χ1) is 10.3. The van der Waals surface area contributed by atoms with E-state index < -0.39 is 0 Å². The molecule has 1 aliphatic heterocycles. The average molecular weight is 291 g/mol. The zero-order valence-corrected chi connectivity index (χ0v) is 12.5. The van der Waals surface area contributed by atoms with Gasteiger partial charge in [0.05, 0.1) is 11.7 Å². The van der Waals surface area contributed by atoms with Crippen LogP contribution in [0.15, 0.2) is 17.4 Å². The molecule has 1 saturated carbocycles. The molecule has 3 rings (SSSR count). The van der Waals surface area contributed by atoms with Crippen LogP contribution in [0.2, 0.25) is 0 Å². The Morgan fingerprint density at radius 2 is 2.14 bits per heavy atom. The molecular weight excluding hydrogens is 266 g/mol. The van der Waals surface area contributed by atoms with Crippen LogP contribution in [0.1, 0.15) is 50.3 Å². The summed E-state index contributed by atoms with van der Waals surface area (Å²) in [6.07, 6.45) is 9.39. The number of rotatable bonds is 4. The summed E-state index contributed by atoms with van der Waals surface area (Å²) in [6, 6.07) is 2.73. The zero-order valence-electron chi connectivity index (χ0n) is 12.5. The van der Waals surface area contributed by atoms with Gasteiger partial charge in [-0.3, -0.25) is 9.58 Å². The highest BCUT2D eigenvalue weighted by atomic mass is 16.4. The van der Waals surface area contributed by atoms with Crippen LogP contribution in [0, 0.1) is 5.92 Å². The van der Waals surface area contributed by atoms with Gasteiger partial charge in [-0.05, 0) is 38.3 Å². The highest BCUT2D eigenvalue weighted by Crippen LogP contribution is 2.29. The van der Waals surface area contributed by atoms with Crippen LogP contribution in [0.5, 0.6) is 0 Å². The standard InChI is InChI=1S/C15H25N5O/c16-15(18-21)12-4-3-8-19(10-12)11-13-7-9-20(17-13)14-5-1-2-6-14/h7,9,12,14,21H,1-6,8,10-11H2,(H2,16,18). The summed E-state index contributed by atoms with van der Waals surface area (Å²) in [5.41, 5.74) is 6.87. The number of nitrogens with two attached hydrogens (primary N) is 1. The van der Waals surface area contributed by atoms with Gasteiger partial charge >= 0.3 is 0 Å². The van der Waals surface area contributed by atoms with Gasteiger partial charge in [-0.15, -0.1) is 0 Å². The predicted octanol–water partition coefficient (Wildman–Crippen LogP) is 1.96. The van der Waals surface area contributed by atoms with Gasteiger partial charge in [0.2, 0.25) is 0 Å². The normalized spacial score (nSPS) is 25.5. The molecule has 1 saturated heterocycles. The topological polar surface area (TPSA) is 79.7 Å². The summed E-state index contributed by atoms with van der Waals surface area (Å²) in [5.74, 6) is 0.525. The maximum absolute atomic E-state index is 8.82. The van der Waals surface area contributed by atoms with Gasteiger partial charge in [0.1, 0.15) is 5.84 Å². The number of nitrogens with zero attached hydrogens (tertiary/aromatic N) is 4. The summed E-state index contributed by atoms with van der Waals surface area (Å²) < 4.78 is 2.15. The molecule has 0 aromatic carbocycles. The quantitative estimate of drug-likeness (QED) is 0.384. The molecule has 1 atom stereocenters. The fourth-order valence-electron chi connectivity index (χ4n) is 3.59. The molecule has 6 nitrogen and oxygen atoms in total. The van der Waals surface area contributed by atoms with E-state index in [-0.39, 0.29) is 5.92 Å². The number of likely N-dealkylation sites (tertiary alicyclic amines) is 1. The van der Waals surface area contributed by atoms with Crippen LogP contribution in [-0.4, -0.2) is 38.8 Å². The fraction of sp³-hybridized carbons (Fsp3) is 0.733. The van der Waals surface area contributed by atoms with E-state index in [1.54, 1.807) is 0 Å². The summed E-state index contributed by atoms with van der Waals surface area (Å²) in [4.78, 5) is 2.35. The van der Waals surface area contributed by atoms with E-state index in [9.17, 15) is 0 Å². The summed E-state index contributed by atoms with van der Waals surface area (Å²) in [7, 11) is 0. The minimum Gasteiger partial charge on any atom is -0.409 e. The third-order valence-electron chi connectivity index (χ3n) is 4.79. The van der Waals surface area contributed by atoms with Crippen molar-refractivity contribution in [2.45, 2.75) is 51.1 Å². The molecule has 2 aliphatic rings. The molecular formula is C15H25N5O. The van der Waals surface area contributed by atoms with Gasteiger partial charge in [-0.1, -0.05) is 18.0 Å². The number of oxime groups is 1. The van der Waals surface area contributed by atoms with E-state index in [1.165, 1.54) is 25.7 Å². The first-order valence-electron chi connectivity index (χ1n) is 8.00. The van der Waals surface area contributed by atoms with Crippen molar-refractivity contribution in [1.82, 2.24) is 14.7 Å². The number of aromatic nitrogens is 2. The second-order valence-electron chi connectivity index (χ2n) is 6.32. The van der Waals surface area contributed by atoms with Crippen molar-refractivity contribution in [3.8, 4) is 0 Å². The molecule has 6 heteroatoms. The van der Waals surface area contributed by atoms with Crippen molar-refractivity contribution in [1.29, 1.82) is 0 Å². The lowest BCUT2D eigenvalue weighted by atomic mass is 9.97. The summed E-state index contributed by atoms with van der Waals surface area (Å²) >= 11 is 0. The van der Waals surface area contributed by atoms with Gasteiger partial charge in [0.25, 0.3) is 0 Å². The Morgan fingerprint density at radius 3 is 2.90 bits per heavy atom. The van der Waals surface area contributed by atoms with Crippen LogP contribution in [0.3, 0.4) is 0 Å². The molecule has 1 aromatic rings. The average Bonchev–Trinajstić information content (AvgIpc) is 3.17. The van der Waals surface area contributed by atoms with Crippen molar-refractivity contribution in [3.05, 3.63) is 18.0 Å². The number of piperidine rings is 1. The van der Waals surface area contributed by atoms with Crippen LogP contribution >= 0.6 is 0 Å². The molecule has 1 aromatic heterocycles. The van der Waals surface area contributed by atoms with E-state index in [1.807, 2.05) is 0 Å². The molecule has 2 fully saturated rings. The van der Waals surface area contributed by atoms with Gasteiger partial charge < -0.3 is 10.9 Å². The third kappa shape index (κ3) is 3.37. The molecule has 1 unspecified atom stereocenters. The Morgan fingerprint density at radius 1 is 1.33 bits per heavy atom. The molecule has 0 amide bonds. The Kier molecular flexibility index (Phi) is 4.43. The van der Waals surface area contributed by atoms with Crippen LogP contribution in [0.4, 0.5) is 0 Å². The largest absolute Gasteiger partial charge is 0.409 e. The minimum absolute atomic E-state index is 0.167. The van der Waals surface area contributed by atoms with E-state index >= 15 is 0 Å². The Balaban J connectivity index is 1.58. The minimum atomic E-state index is 0.167. The molecule has 3 N–H and O–H groups in total. The Hall–Kier alpha value is -1.56. The zero-order chi connectivity index (χ0) is 14.7. The Bertz CT molecular complexity index is 492. The lowest BCUT2D eigenvalue weighted by Gasteiger charge is -2.31. The molecule has 21 heavy (non-hydrogen) atoms. The van der Waals surface area contributed by atoms with Crippen LogP contribution < -0.4 is 5.73 Å². The first kappa shape index (κ1) is 14.4. The lowest BCUT2D eigenvalue weighted by molar-refractivity contribution is 0.190. The molecule has 0 bridgehead atoms. The van der Waals surface area contributed by atoms with Crippen LogP contribution in [-0.2, 0) is 6.54 Å². The summed E-state index contributed by atoms with van der Waals surface area (Å²) in [5, 5.41) is 16.7. The first-order valence-corrected chi connectivity index (χ1v) is 8.00. The second-order valence-corrected chi connectivity index (χ2v) is 6.32. The van der Waals surface area contributed by atoms with Gasteiger partial charge in [0, 0.05) is 25.2 Å². The van der Waals surface area contributed by atoms with E-state index in [0.29, 0.717) is 11.9 Å². The molecule has 1 aliphatic carbocycles. The molecule has 116 valence electrons. The van der Waals surface area contributed by atoms with Gasteiger partial charge in [-0.25, -0.2) is 0 Å². The monoisotopic (exact) mass is 291 g/mol. The van der Waals surface area contributed by atoms with E-state index in [0.717, 1.165) is 38.2 Å². The number of hydrogen-bond acceptors (Lipinski definition) is 4. The van der Waals surface area contributed by atoms with Crippen molar-refractivity contribution in [2.75, 3.05) is 13.1 Å². The second kappa shape index (κ2) is 6.47. The lowest BCUT2D eigenvalue weighted by Crippen LogP contribution is -2.40. The van der Waals surface area contributed by atoms with Crippen molar-refractivity contribution in [2.24, 2.45) is 16.8 Å². The molecule has 0 spiro atoms. The smallest absolute Gasteiger partial charge is 0.143 e. The highest BCUT2D eigenvalue weighted by molar-refractivity contribution is 5.82. The van der Waals surface area contributed by atoms with Crippen molar-refractivity contribution >= 4 is 5.84 Å². The predicted molar refractivity (Wildman–Crippen MR) is 81.1 cm³/mol. The highest BCUT2D eigenvalue weighted by Gasteiger charge is 2.24. The third-order valence-corrected chi connectivity index (χ3v) is 4.79.